The summed E-state index contributed by atoms with van der Waals surface area (Å²) >= 11 is 3.02. The number of hydrogen-bond acceptors (Lipinski definition) is 9. The highest BCUT2D eigenvalue weighted by atomic mass is 32.2. The quantitative estimate of drug-likeness (QED) is 0.0453. The minimum Gasteiger partial charge on any atom is -0.370 e. The molecule has 11 nitrogen and oxygen atoms in total. The maximum Gasteiger partial charge on any atom is 0.204 e. The third-order valence-electron chi connectivity index (χ3n) is 6.41. The number of thioether (sulfide) groups is 1. The van der Waals surface area contributed by atoms with Gasteiger partial charge in [0.2, 0.25) is 5.96 Å². The first-order valence-electron chi connectivity index (χ1n) is 14.1. The molecular formula is C29H40FN11S2. The van der Waals surface area contributed by atoms with Crippen molar-refractivity contribution in [2.24, 2.45) is 5.73 Å². The van der Waals surface area contributed by atoms with E-state index in [1.807, 2.05) is 35.7 Å². The lowest BCUT2D eigenvalue weighted by Gasteiger charge is -2.27. The molecule has 0 unspecified atom stereocenters. The fourth-order valence-corrected chi connectivity index (χ4v) is 5.75. The molecule has 0 saturated carbocycles. The number of anilines is 2. The number of nitrogens with zero attached hydrogens (tertiary/aromatic N) is 6. The van der Waals surface area contributed by atoms with Gasteiger partial charge in [0, 0.05) is 55.8 Å². The number of thiazole rings is 1. The molecule has 0 aliphatic rings. The van der Waals surface area contributed by atoms with Gasteiger partial charge in [0.05, 0.1) is 5.69 Å². The van der Waals surface area contributed by atoms with E-state index in [4.69, 9.17) is 16.6 Å². The molecule has 2 aromatic heterocycles. The zero-order chi connectivity index (χ0) is 30.9. The van der Waals surface area contributed by atoms with Gasteiger partial charge in [0.15, 0.2) is 17.3 Å². The molecule has 0 bridgehead atoms. The van der Waals surface area contributed by atoms with Crippen LogP contribution in [0.5, 0.6) is 0 Å². The van der Waals surface area contributed by atoms with Crippen molar-refractivity contribution in [1.29, 1.82) is 16.1 Å². The third-order valence-corrected chi connectivity index (χ3v) is 8.19. The summed E-state index contributed by atoms with van der Waals surface area (Å²) in [7, 11) is 2.11. The Labute approximate surface area is 261 Å². The molecule has 0 spiro atoms. The Morgan fingerprint density at radius 2 is 1.91 bits per heavy atom. The molecule has 0 aliphatic heterocycles. The molecule has 6 N–H and O–H groups in total. The van der Waals surface area contributed by atoms with Gasteiger partial charge in [-0.2, -0.15) is 17.0 Å². The SMILES string of the molecule is CN(CCCCCNC(=N)N(C#N)CCSCc1csc(NC(=N)N)n1)CCN(Cc1ccc(F)cc1)c1ccccn1. The molecule has 0 radical (unpaired) electrons. The van der Waals surface area contributed by atoms with Gasteiger partial charge in [-0.3, -0.25) is 10.8 Å². The third kappa shape index (κ3) is 12.9. The van der Waals surface area contributed by atoms with Gasteiger partial charge in [-0.05, 0) is 56.3 Å². The van der Waals surface area contributed by atoms with E-state index in [9.17, 15) is 9.65 Å². The van der Waals surface area contributed by atoms with Gasteiger partial charge < -0.3 is 26.2 Å². The number of nitrogens with one attached hydrogen (secondary N) is 4. The number of nitriles is 1. The zero-order valence-electron chi connectivity index (χ0n) is 24.4. The maximum atomic E-state index is 13.3. The summed E-state index contributed by atoms with van der Waals surface area (Å²) in [4.78, 5) is 14.8. The van der Waals surface area contributed by atoms with Gasteiger partial charge in [-0.15, -0.1) is 11.3 Å². The lowest BCUT2D eigenvalue weighted by atomic mass is 10.2. The average Bonchev–Trinajstić information content (AvgIpc) is 3.44. The number of pyridine rings is 1. The molecule has 0 fully saturated rings. The van der Waals surface area contributed by atoms with Crippen molar-refractivity contribution >= 4 is 46.0 Å². The summed E-state index contributed by atoms with van der Waals surface area (Å²) in [6.07, 6.45) is 6.83. The Hall–Kier alpha value is -3.93. The molecule has 14 heteroatoms. The first-order valence-corrected chi connectivity index (χ1v) is 16.1. The first kappa shape index (κ1) is 33.6. The minimum atomic E-state index is -0.236. The second-order valence-electron chi connectivity index (χ2n) is 9.86. The number of likely N-dealkylation sites (N-methyl/N-ethyl adjacent to an activating group) is 1. The molecular weight excluding hydrogens is 586 g/mol. The van der Waals surface area contributed by atoms with E-state index in [1.165, 1.54) is 28.4 Å². The van der Waals surface area contributed by atoms with Crippen molar-refractivity contribution in [2.45, 2.75) is 31.6 Å². The van der Waals surface area contributed by atoms with E-state index >= 15 is 0 Å². The van der Waals surface area contributed by atoms with Crippen LogP contribution in [0.15, 0.2) is 54.0 Å². The molecule has 43 heavy (non-hydrogen) atoms. The smallest absolute Gasteiger partial charge is 0.204 e. The summed E-state index contributed by atoms with van der Waals surface area (Å²) in [5.41, 5.74) is 7.24. The van der Waals surface area contributed by atoms with Crippen LogP contribution in [-0.2, 0) is 12.3 Å². The van der Waals surface area contributed by atoms with Crippen molar-refractivity contribution in [3.63, 3.8) is 0 Å². The van der Waals surface area contributed by atoms with Crippen molar-refractivity contribution < 1.29 is 4.39 Å². The predicted molar refractivity (Wildman–Crippen MR) is 175 cm³/mol. The Balaban J connectivity index is 1.27. The Morgan fingerprint density at radius 1 is 1.09 bits per heavy atom. The van der Waals surface area contributed by atoms with Crippen LogP contribution in [0.25, 0.3) is 0 Å². The molecule has 3 rings (SSSR count). The van der Waals surface area contributed by atoms with Crippen LogP contribution in [0.4, 0.5) is 15.3 Å². The van der Waals surface area contributed by atoms with E-state index in [2.05, 4.69) is 43.6 Å². The van der Waals surface area contributed by atoms with Gasteiger partial charge in [-0.1, -0.05) is 24.6 Å². The van der Waals surface area contributed by atoms with Crippen LogP contribution in [0.2, 0.25) is 0 Å². The van der Waals surface area contributed by atoms with Gasteiger partial charge >= 0.3 is 0 Å². The second kappa shape index (κ2) is 18.6. The Morgan fingerprint density at radius 3 is 2.63 bits per heavy atom. The largest absolute Gasteiger partial charge is 0.370 e. The Kier molecular flexibility index (Phi) is 14.5. The molecule has 230 valence electrons. The fraction of sp³-hybridized carbons (Fsp3) is 0.414. The fourth-order valence-electron chi connectivity index (χ4n) is 4.10. The number of nitrogens with two attached hydrogens (primary N) is 1. The normalized spacial score (nSPS) is 10.7. The summed E-state index contributed by atoms with van der Waals surface area (Å²) in [6.45, 7) is 4.37. The van der Waals surface area contributed by atoms with Crippen LogP contribution in [0.1, 0.15) is 30.5 Å². The highest BCUT2D eigenvalue weighted by molar-refractivity contribution is 7.98. The highest BCUT2D eigenvalue weighted by Gasteiger charge is 2.11. The molecule has 2 heterocycles. The maximum absolute atomic E-state index is 13.3. The van der Waals surface area contributed by atoms with Crippen LogP contribution in [0, 0.1) is 28.1 Å². The van der Waals surface area contributed by atoms with Crippen LogP contribution >= 0.6 is 23.1 Å². The summed E-state index contributed by atoms with van der Waals surface area (Å²) in [6, 6.07) is 12.5. The van der Waals surface area contributed by atoms with Gasteiger partial charge in [-0.25, -0.2) is 19.3 Å². The summed E-state index contributed by atoms with van der Waals surface area (Å²) in [5, 5.41) is 33.2. The topological polar surface area (TPSA) is 157 Å². The minimum absolute atomic E-state index is 0.123. The number of unbranched alkanes of at least 4 members (excludes halogenated alkanes) is 2. The first-order chi connectivity index (χ1) is 20.8. The zero-order valence-corrected chi connectivity index (χ0v) is 26.1. The number of hydrogen-bond donors (Lipinski definition) is 5. The summed E-state index contributed by atoms with van der Waals surface area (Å²) < 4.78 is 13.3. The number of guanidine groups is 2. The van der Waals surface area contributed by atoms with Crippen LogP contribution in [0.3, 0.4) is 0 Å². The number of aromatic nitrogens is 2. The lowest BCUT2D eigenvalue weighted by molar-refractivity contribution is 0.329. The number of halogens is 1. The molecule has 0 atom stereocenters. The van der Waals surface area contributed by atoms with Crippen molar-refractivity contribution in [3.05, 3.63) is 71.1 Å². The van der Waals surface area contributed by atoms with E-state index in [0.29, 0.717) is 36.3 Å². The molecule has 1 aromatic carbocycles. The summed E-state index contributed by atoms with van der Waals surface area (Å²) in [5.74, 6) is 2.00. The molecule has 0 amide bonds. The van der Waals surface area contributed by atoms with E-state index < -0.39 is 0 Å². The van der Waals surface area contributed by atoms with Crippen molar-refractivity contribution in [2.75, 3.05) is 55.7 Å². The van der Waals surface area contributed by atoms with Crippen molar-refractivity contribution in [3.8, 4) is 6.19 Å². The standard InChI is InChI=1S/C29H40FN11S2/c1-39(15-16-40(26-7-3-5-12-35-26)19-23-8-10-24(30)11-9-23)14-6-2-4-13-36-28(34)41(22-31)17-18-42-20-25-21-43-29(37-25)38-27(32)33/h3,5,7-12,21H,2,4,6,13-20H2,1H3,(H2,34,36)(H4,32,33,37,38). The van der Waals surface area contributed by atoms with Crippen LogP contribution < -0.4 is 21.3 Å². The van der Waals surface area contributed by atoms with Gasteiger partial charge in [0.25, 0.3) is 0 Å². The Bertz CT molecular complexity index is 1300. The van der Waals surface area contributed by atoms with Crippen molar-refractivity contribution in [1.82, 2.24) is 25.1 Å². The van der Waals surface area contributed by atoms with Gasteiger partial charge in [0.1, 0.15) is 11.6 Å². The lowest BCUT2D eigenvalue weighted by Crippen LogP contribution is -2.39. The molecule has 0 saturated heterocycles. The van der Waals surface area contributed by atoms with E-state index in [-0.39, 0.29) is 17.7 Å². The number of rotatable bonds is 18. The van der Waals surface area contributed by atoms with E-state index in [0.717, 1.165) is 56.0 Å². The average molecular weight is 626 g/mol. The monoisotopic (exact) mass is 625 g/mol. The number of benzene rings is 1. The molecule has 0 aliphatic carbocycles. The second-order valence-corrected chi connectivity index (χ2v) is 11.8. The predicted octanol–water partition coefficient (Wildman–Crippen LogP) is 4.33. The highest BCUT2D eigenvalue weighted by Crippen LogP contribution is 2.19. The van der Waals surface area contributed by atoms with E-state index in [1.54, 1.807) is 18.0 Å². The van der Waals surface area contributed by atoms with Crippen LogP contribution in [-0.4, -0.2) is 77.2 Å². The molecule has 3 aromatic rings.